The third kappa shape index (κ3) is 3.86. The molecule has 0 atom stereocenters. The molecule has 1 N–H and O–H groups in total. The van der Waals surface area contributed by atoms with E-state index in [9.17, 15) is 4.79 Å². The lowest BCUT2D eigenvalue weighted by atomic mass is 10.1. The van der Waals surface area contributed by atoms with E-state index in [0.717, 1.165) is 12.1 Å². The van der Waals surface area contributed by atoms with Gasteiger partial charge in [-0.25, -0.2) is 0 Å². The standard InChI is InChI=1S/C17H23NO2/c1-2-3-4-5-11-18-12-10-15-13-14(6-8-16(15)18)7-9-17(19)20/h6,8,10,12-13H,2-5,7,9,11H2,1H3,(H,19,20). The van der Waals surface area contributed by atoms with Crippen molar-refractivity contribution in [3.63, 3.8) is 0 Å². The first kappa shape index (κ1) is 14.6. The van der Waals surface area contributed by atoms with Crippen molar-refractivity contribution in [2.24, 2.45) is 0 Å². The molecule has 0 radical (unpaired) electrons. The molecule has 108 valence electrons. The van der Waals surface area contributed by atoms with Crippen LogP contribution in [0.4, 0.5) is 0 Å². The number of unbranched alkanes of at least 4 members (excludes halogenated alkanes) is 3. The maximum Gasteiger partial charge on any atom is 0.303 e. The molecule has 1 aromatic heterocycles. The van der Waals surface area contributed by atoms with Gasteiger partial charge in [-0.1, -0.05) is 32.3 Å². The van der Waals surface area contributed by atoms with Crippen LogP contribution in [0, 0.1) is 0 Å². The third-order valence-corrected chi connectivity index (χ3v) is 3.72. The maximum atomic E-state index is 10.6. The monoisotopic (exact) mass is 273 g/mol. The third-order valence-electron chi connectivity index (χ3n) is 3.72. The lowest BCUT2D eigenvalue weighted by Crippen LogP contribution is -1.98. The zero-order valence-corrected chi connectivity index (χ0v) is 12.1. The molecule has 0 unspecified atom stereocenters. The Kier molecular flexibility index (Phi) is 5.22. The summed E-state index contributed by atoms with van der Waals surface area (Å²) in [6.07, 6.45) is 8.01. The fourth-order valence-electron chi connectivity index (χ4n) is 2.56. The number of aromatic nitrogens is 1. The van der Waals surface area contributed by atoms with Gasteiger partial charge in [0.1, 0.15) is 0 Å². The average Bonchev–Trinajstić information content (AvgIpc) is 2.84. The Balaban J connectivity index is 2.02. The van der Waals surface area contributed by atoms with Gasteiger partial charge in [0, 0.05) is 24.7 Å². The van der Waals surface area contributed by atoms with Gasteiger partial charge < -0.3 is 9.67 Å². The molecule has 0 aliphatic rings. The minimum Gasteiger partial charge on any atom is -0.481 e. The van der Waals surface area contributed by atoms with E-state index in [4.69, 9.17) is 5.11 Å². The molecule has 0 spiro atoms. The smallest absolute Gasteiger partial charge is 0.303 e. The van der Waals surface area contributed by atoms with E-state index < -0.39 is 5.97 Å². The summed E-state index contributed by atoms with van der Waals surface area (Å²) in [6.45, 7) is 3.29. The van der Waals surface area contributed by atoms with Gasteiger partial charge in [-0.15, -0.1) is 0 Å². The van der Waals surface area contributed by atoms with Gasteiger partial charge in [-0.05, 0) is 42.0 Å². The molecule has 1 heterocycles. The highest BCUT2D eigenvalue weighted by atomic mass is 16.4. The van der Waals surface area contributed by atoms with Crippen molar-refractivity contribution in [3.05, 3.63) is 36.0 Å². The fourth-order valence-corrected chi connectivity index (χ4v) is 2.56. The molecular formula is C17H23NO2. The van der Waals surface area contributed by atoms with E-state index in [1.165, 1.54) is 36.6 Å². The Bertz CT molecular complexity index is 571. The molecule has 0 amide bonds. The van der Waals surface area contributed by atoms with Crippen molar-refractivity contribution < 1.29 is 9.90 Å². The summed E-state index contributed by atoms with van der Waals surface area (Å²) in [5, 5.41) is 9.94. The Labute approximate surface area is 120 Å². The zero-order valence-electron chi connectivity index (χ0n) is 12.1. The van der Waals surface area contributed by atoms with Crippen molar-refractivity contribution in [1.82, 2.24) is 4.57 Å². The van der Waals surface area contributed by atoms with Crippen molar-refractivity contribution in [3.8, 4) is 0 Å². The van der Waals surface area contributed by atoms with Gasteiger partial charge in [0.2, 0.25) is 0 Å². The minimum atomic E-state index is -0.737. The van der Waals surface area contributed by atoms with Gasteiger partial charge in [0.15, 0.2) is 0 Å². The van der Waals surface area contributed by atoms with E-state index in [0.29, 0.717) is 6.42 Å². The van der Waals surface area contributed by atoms with E-state index in [1.54, 1.807) is 0 Å². The van der Waals surface area contributed by atoms with Crippen LogP contribution in [0.25, 0.3) is 10.9 Å². The predicted molar refractivity (Wildman–Crippen MR) is 82.0 cm³/mol. The second-order valence-corrected chi connectivity index (χ2v) is 5.36. The summed E-state index contributed by atoms with van der Waals surface area (Å²) in [4.78, 5) is 10.6. The largest absolute Gasteiger partial charge is 0.481 e. The average molecular weight is 273 g/mol. The number of aryl methyl sites for hydroxylation is 2. The first-order valence-corrected chi connectivity index (χ1v) is 7.50. The van der Waals surface area contributed by atoms with Crippen LogP contribution in [0.2, 0.25) is 0 Å². The molecular weight excluding hydrogens is 250 g/mol. The fraction of sp³-hybridized carbons (Fsp3) is 0.471. The number of nitrogens with zero attached hydrogens (tertiary/aromatic N) is 1. The number of carboxylic acid groups (broad SMARTS) is 1. The van der Waals surface area contributed by atoms with Crippen LogP contribution in [-0.4, -0.2) is 15.6 Å². The van der Waals surface area contributed by atoms with Crippen LogP contribution >= 0.6 is 0 Å². The molecule has 0 aliphatic carbocycles. The summed E-state index contributed by atoms with van der Waals surface area (Å²) in [5.41, 5.74) is 2.35. The summed E-state index contributed by atoms with van der Waals surface area (Å²) >= 11 is 0. The Morgan fingerprint density at radius 3 is 2.80 bits per heavy atom. The number of rotatable bonds is 8. The van der Waals surface area contributed by atoms with Crippen molar-refractivity contribution >= 4 is 16.9 Å². The number of benzene rings is 1. The number of hydrogen-bond donors (Lipinski definition) is 1. The Morgan fingerprint density at radius 1 is 1.20 bits per heavy atom. The second kappa shape index (κ2) is 7.13. The molecule has 0 saturated carbocycles. The zero-order chi connectivity index (χ0) is 14.4. The molecule has 2 rings (SSSR count). The molecule has 3 heteroatoms. The maximum absolute atomic E-state index is 10.6. The van der Waals surface area contributed by atoms with Crippen LogP contribution in [0.5, 0.6) is 0 Å². The molecule has 3 nitrogen and oxygen atoms in total. The Hall–Kier alpha value is -1.77. The SMILES string of the molecule is CCCCCCn1ccc2cc(CCC(=O)O)ccc21. The summed E-state index contributed by atoms with van der Waals surface area (Å²) < 4.78 is 2.30. The summed E-state index contributed by atoms with van der Waals surface area (Å²) in [7, 11) is 0. The van der Waals surface area contributed by atoms with E-state index in [1.807, 2.05) is 6.07 Å². The number of carbonyl (C=O) groups is 1. The van der Waals surface area contributed by atoms with Gasteiger partial charge >= 0.3 is 5.97 Å². The molecule has 20 heavy (non-hydrogen) atoms. The topological polar surface area (TPSA) is 42.2 Å². The second-order valence-electron chi connectivity index (χ2n) is 5.36. The van der Waals surface area contributed by atoms with Gasteiger partial charge in [-0.3, -0.25) is 4.79 Å². The van der Waals surface area contributed by atoms with Crippen molar-refractivity contribution in [2.75, 3.05) is 0 Å². The molecule has 0 saturated heterocycles. The first-order chi connectivity index (χ1) is 9.70. The van der Waals surface area contributed by atoms with E-state index in [-0.39, 0.29) is 6.42 Å². The minimum absolute atomic E-state index is 0.198. The van der Waals surface area contributed by atoms with E-state index in [2.05, 4.69) is 35.9 Å². The van der Waals surface area contributed by atoms with Gasteiger partial charge in [0.25, 0.3) is 0 Å². The number of hydrogen-bond acceptors (Lipinski definition) is 1. The van der Waals surface area contributed by atoms with Crippen LogP contribution in [-0.2, 0) is 17.8 Å². The van der Waals surface area contributed by atoms with Gasteiger partial charge in [0.05, 0.1) is 0 Å². The number of aliphatic carboxylic acids is 1. The van der Waals surface area contributed by atoms with Crippen LogP contribution in [0.1, 0.15) is 44.6 Å². The van der Waals surface area contributed by atoms with Crippen LogP contribution < -0.4 is 0 Å². The highest BCUT2D eigenvalue weighted by Gasteiger charge is 2.04. The Morgan fingerprint density at radius 2 is 2.05 bits per heavy atom. The molecule has 0 bridgehead atoms. The highest BCUT2D eigenvalue weighted by Crippen LogP contribution is 2.19. The predicted octanol–water partition coefficient (Wildman–Crippen LogP) is 4.24. The summed E-state index contributed by atoms with van der Waals surface area (Å²) in [6, 6.07) is 8.40. The molecule has 1 aromatic carbocycles. The van der Waals surface area contributed by atoms with Crippen LogP contribution in [0.15, 0.2) is 30.5 Å². The van der Waals surface area contributed by atoms with Crippen molar-refractivity contribution in [2.45, 2.75) is 52.0 Å². The number of carboxylic acids is 1. The lowest BCUT2D eigenvalue weighted by Gasteiger charge is -2.06. The normalized spacial score (nSPS) is 11.1. The highest BCUT2D eigenvalue weighted by molar-refractivity contribution is 5.81. The van der Waals surface area contributed by atoms with Gasteiger partial charge in [-0.2, -0.15) is 0 Å². The number of fused-ring (bicyclic) bond motifs is 1. The summed E-state index contributed by atoms with van der Waals surface area (Å²) in [5.74, 6) is -0.737. The van der Waals surface area contributed by atoms with Crippen LogP contribution in [0.3, 0.4) is 0 Å². The molecule has 0 fully saturated rings. The van der Waals surface area contributed by atoms with E-state index >= 15 is 0 Å². The first-order valence-electron chi connectivity index (χ1n) is 7.50. The molecule has 2 aromatic rings. The molecule has 0 aliphatic heterocycles. The lowest BCUT2D eigenvalue weighted by molar-refractivity contribution is -0.136. The quantitative estimate of drug-likeness (QED) is 0.731. The van der Waals surface area contributed by atoms with Crippen molar-refractivity contribution in [1.29, 1.82) is 0 Å².